The molecule has 0 radical (unpaired) electrons. The number of ether oxygens (including phenoxy) is 2. The number of primary amides is 2. The molecule has 2 unspecified atom stereocenters. The quantitative estimate of drug-likeness (QED) is 0.409. The molecule has 0 aliphatic heterocycles. The van der Waals surface area contributed by atoms with Crippen LogP contribution in [0.1, 0.15) is 33.6 Å². The van der Waals surface area contributed by atoms with Gasteiger partial charge in [0, 0.05) is 12.8 Å². The first-order valence-electron chi connectivity index (χ1n) is 9.62. The summed E-state index contributed by atoms with van der Waals surface area (Å²) in [7, 11) is 0. The third-order valence-electron chi connectivity index (χ3n) is 4.86. The van der Waals surface area contributed by atoms with E-state index in [2.05, 4.69) is 13.2 Å². The molecule has 0 aromatic heterocycles. The molecule has 0 saturated heterocycles. The smallest absolute Gasteiger partial charge is 0.339 e. The van der Waals surface area contributed by atoms with Gasteiger partial charge < -0.3 is 20.9 Å². The summed E-state index contributed by atoms with van der Waals surface area (Å²) >= 11 is 0. The minimum atomic E-state index is -2.49. The highest BCUT2D eigenvalue weighted by molar-refractivity contribution is 6.02. The van der Waals surface area contributed by atoms with Crippen LogP contribution in [0.25, 0.3) is 0 Å². The summed E-state index contributed by atoms with van der Waals surface area (Å²) in [5.41, 5.74) is 6.48. The van der Waals surface area contributed by atoms with Crippen LogP contribution in [0.2, 0.25) is 0 Å². The van der Waals surface area contributed by atoms with Crippen molar-refractivity contribution in [2.24, 2.45) is 11.5 Å². The van der Waals surface area contributed by atoms with Crippen molar-refractivity contribution in [1.29, 1.82) is 0 Å². The molecule has 2 aromatic rings. The molecule has 0 aliphatic rings. The first-order chi connectivity index (χ1) is 15.2. The Morgan fingerprint density at radius 3 is 1.25 bits per heavy atom. The van der Waals surface area contributed by atoms with Gasteiger partial charge in [-0.05, 0) is 24.3 Å². The lowest BCUT2D eigenvalue weighted by Crippen LogP contribution is -2.70. The molecule has 0 spiro atoms. The van der Waals surface area contributed by atoms with E-state index in [1.807, 2.05) is 0 Å². The highest BCUT2D eigenvalue weighted by Crippen LogP contribution is 2.38. The Labute approximate surface area is 185 Å². The van der Waals surface area contributed by atoms with Crippen molar-refractivity contribution >= 4 is 23.8 Å². The molecule has 0 aliphatic carbocycles. The highest BCUT2D eigenvalue weighted by Gasteiger charge is 2.64. The Balaban J connectivity index is 2.68. The largest absolute Gasteiger partial charge is 0.440 e. The molecule has 2 atom stereocenters. The van der Waals surface area contributed by atoms with Crippen LogP contribution in [0.3, 0.4) is 0 Å². The summed E-state index contributed by atoms with van der Waals surface area (Å²) in [4.78, 5) is 51.3. The highest BCUT2D eigenvalue weighted by atomic mass is 16.6. The molecular weight excluding hydrogens is 412 g/mol. The van der Waals surface area contributed by atoms with E-state index in [-0.39, 0.29) is 11.1 Å². The number of hydrogen-bond donors (Lipinski definition) is 2. The van der Waals surface area contributed by atoms with Gasteiger partial charge in [-0.2, -0.15) is 0 Å². The van der Waals surface area contributed by atoms with E-state index in [0.717, 1.165) is 0 Å². The van der Waals surface area contributed by atoms with Gasteiger partial charge in [-0.15, -0.1) is 13.2 Å². The van der Waals surface area contributed by atoms with Crippen LogP contribution >= 0.6 is 0 Å². The van der Waals surface area contributed by atoms with Crippen LogP contribution in [0.5, 0.6) is 0 Å². The summed E-state index contributed by atoms with van der Waals surface area (Å²) < 4.78 is 11.1. The molecule has 2 aromatic carbocycles. The van der Waals surface area contributed by atoms with E-state index in [1.54, 1.807) is 36.4 Å². The molecule has 4 N–H and O–H groups in total. The molecular formula is C24H24N2O6. The average Bonchev–Trinajstić information content (AvgIpc) is 2.79. The third kappa shape index (κ3) is 4.59. The molecule has 2 amide bonds. The number of amides is 2. The first-order valence-corrected chi connectivity index (χ1v) is 9.62. The maximum atomic E-state index is 12.9. The van der Waals surface area contributed by atoms with E-state index in [9.17, 15) is 19.2 Å². The van der Waals surface area contributed by atoms with Gasteiger partial charge in [0.1, 0.15) is 0 Å². The van der Waals surface area contributed by atoms with E-state index in [0.29, 0.717) is 0 Å². The Kier molecular flexibility index (Phi) is 7.68. The first kappa shape index (κ1) is 24.1. The zero-order valence-corrected chi connectivity index (χ0v) is 17.4. The zero-order chi connectivity index (χ0) is 23.8. The Morgan fingerprint density at radius 1 is 0.688 bits per heavy atom. The number of carbonyl (C=O) groups is 4. The zero-order valence-electron chi connectivity index (χ0n) is 17.4. The number of carbonyl (C=O) groups excluding carboxylic acids is 4. The Hall–Kier alpha value is -4.20. The minimum absolute atomic E-state index is 0.0774. The SMILES string of the molecule is C=CCC(OC(=O)c1ccccc1)(C(N)=O)C(CC=C)(OC(=O)c1ccccc1)C(N)=O. The second-order valence-corrected chi connectivity index (χ2v) is 6.88. The fourth-order valence-electron chi connectivity index (χ4n) is 3.27. The predicted octanol–water partition coefficient (Wildman–Crippen LogP) is 2.30. The molecule has 0 saturated carbocycles. The normalized spacial score (nSPS) is 14.1. The maximum Gasteiger partial charge on any atom is 0.339 e. The molecule has 0 fully saturated rings. The lowest BCUT2D eigenvalue weighted by Gasteiger charge is -2.43. The van der Waals surface area contributed by atoms with Crippen LogP contribution in [-0.2, 0) is 19.1 Å². The van der Waals surface area contributed by atoms with Gasteiger partial charge >= 0.3 is 11.9 Å². The summed E-state index contributed by atoms with van der Waals surface area (Å²) in [6.45, 7) is 7.12. The molecule has 32 heavy (non-hydrogen) atoms. The van der Waals surface area contributed by atoms with Crippen LogP contribution in [-0.4, -0.2) is 35.0 Å². The van der Waals surface area contributed by atoms with Crippen molar-refractivity contribution in [3.8, 4) is 0 Å². The minimum Gasteiger partial charge on any atom is -0.440 e. The Bertz CT molecular complexity index is 938. The number of nitrogens with two attached hydrogens (primary N) is 2. The van der Waals surface area contributed by atoms with Crippen molar-refractivity contribution < 1.29 is 28.7 Å². The van der Waals surface area contributed by atoms with E-state index in [4.69, 9.17) is 20.9 Å². The number of rotatable bonds is 11. The van der Waals surface area contributed by atoms with E-state index >= 15 is 0 Å². The molecule has 0 bridgehead atoms. The standard InChI is InChI=1S/C24H24N2O6/c1-3-15-23(21(25)29,31-19(27)17-11-7-5-8-12-17)24(16-4-2,22(26)30)32-20(28)18-13-9-6-10-14-18/h3-14H,1-2,15-16H2,(H2,25,29)(H2,26,30). The van der Waals surface area contributed by atoms with Gasteiger partial charge in [0.05, 0.1) is 11.1 Å². The van der Waals surface area contributed by atoms with Gasteiger partial charge in [-0.25, -0.2) is 9.59 Å². The van der Waals surface area contributed by atoms with Gasteiger partial charge in [0.2, 0.25) is 11.2 Å². The van der Waals surface area contributed by atoms with Crippen LogP contribution < -0.4 is 11.5 Å². The van der Waals surface area contributed by atoms with Crippen molar-refractivity contribution in [3.05, 3.63) is 97.1 Å². The van der Waals surface area contributed by atoms with Gasteiger partial charge in [-0.3, -0.25) is 9.59 Å². The van der Waals surface area contributed by atoms with Crippen molar-refractivity contribution in [2.45, 2.75) is 24.0 Å². The summed E-state index contributed by atoms with van der Waals surface area (Å²) in [5, 5.41) is 0. The fraction of sp³-hybridized carbons (Fsp3) is 0.167. The molecule has 8 heteroatoms. The van der Waals surface area contributed by atoms with Crippen LogP contribution in [0.4, 0.5) is 0 Å². The van der Waals surface area contributed by atoms with Gasteiger partial charge in [0.15, 0.2) is 0 Å². The molecule has 166 valence electrons. The monoisotopic (exact) mass is 436 g/mol. The topological polar surface area (TPSA) is 139 Å². The summed E-state index contributed by atoms with van der Waals surface area (Å²) in [6, 6.07) is 15.4. The summed E-state index contributed by atoms with van der Waals surface area (Å²) in [6.07, 6.45) is 1.50. The lowest BCUT2D eigenvalue weighted by atomic mass is 9.75. The Morgan fingerprint density at radius 2 is 1.00 bits per heavy atom. The van der Waals surface area contributed by atoms with E-state index in [1.165, 1.54) is 36.4 Å². The van der Waals surface area contributed by atoms with Crippen molar-refractivity contribution in [1.82, 2.24) is 0 Å². The number of esters is 2. The third-order valence-corrected chi connectivity index (χ3v) is 4.86. The molecule has 2 rings (SSSR count). The second kappa shape index (κ2) is 10.2. The van der Waals surface area contributed by atoms with Gasteiger partial charge in [-0.1, -0.05) is 48.6 Å². The predicted molar refractivity (Wildman–Crippen MR) is 117 cm³/mol. The number of benzene rings is 2. The van der Waals surface area contributed by atoms with Crippen molar-refractivity contribution in [3.63, 3.8) is 0 Å². The van der Waals surface area contributed by atoms with Crippen LogP contribution in [0.15, 0.2) is 86.0 Å². The average molecular weight is 436 g/mol. The molecule has 0 heterocycles. The van der Waals surface area contributed by atoms with Gasteiger partial charge in [0.25, 0.3) is 11.8 Å². The second-order valence-electron chi connectivity index (χ2n) is 6.88. The van der Waals surface area contributed by atoms with E-state index < -0.39 is 47.8 Å². The summed E-state index contributed by atoms with van der Waals surface area (Å²) in [5.74, 6) is -4.44. The number of hydrogen-bond acceptors (Lipinski definition) is 6. The lowest BCUT2D eigenvalue weighted by molar-refractivity contribution is -0.182. The molecule has 8 nitrogen and oxygen atoms in total. The van der Waals surface area contributed by atoms with Crippen LogP contribution in [0, 0.1) is 0 Å². The fourth-order valence-corrected chi connectivity index (χ4v) is 3.27. The van der Waals surface area contributed by atoms with Crippen molar-refractivity contribution in [2.75, 3.05) is 0 Å². The maximum absolute atomic E-state index is 12.9.